The van der Waals surface area contributed by atoms with Crippen LogP contribution in [0, 0.1) is 13.8 Å². The molecule has 2 aromatic carbocycles. The SMILES string of the molecule is Cc1nn(-c2ccccc2)c(C)c1C=NNc1c(Cl)cc(Cl)cc1Cl. The molecule has 7 heteroatoms. The Labute approximate surface area is 161 Å². The second kappa shape index (κ2) is 7.48. The van der Waals surface area contributed by atoms with Gasteiger partial charge in [-0.05, 0) is 38.1 Å². The summed E-state index contributed by atoms with van der Waals surface area (Å²) in [5.41, 5.74) is 7.17. The number of rotatable bonds is 4. The Bertz CT molecular complexity index is 910. The minimum absolute atomic E-state index is 0.406. The number of nitrogens with one attached hydrogen (secondary N) is 1. The minimum Gasteiger partial charge on any atom is -0.275 e. The van der Waals surface area contributed by atoms with E-state index in [1.807, 2.05) is 48.9 Å². The molecule has 3 rings (SSSR count). The van der Waals surface area contributed by atoms with E-state index in [-0.39, 0.29) is 0 Å². The maximum atomic E-state index is 6.14. The first kappa shape index (κ1) is 17.8. The van der Waals surface area contributed by atoms with Crippen molar-refractivity contribution in [1.82, 2.24) is 9.78 Å². The van der Waals surface area contributed by atoms with Crippen LogP contribution in [0.5, 0.6) is 0 Å². The Hall–Kier alpha value is -2.01. The van der Waals surface area contributed by atoms with Crippen LogP contribution >= 0.6 is 34.8 Å². The summed E-state index contributed by atoms with van der Waals surface area (Å²) in [4.78, 5) is 0. The lowest BCUT2D eigenvalue weighted by Gasteiger charge is -2.06. The van der Waals surface area contributed by atoms with Crippen LogP contribution in [0.25, 0.3) is 5.69 Å². The van der Waals surface area contributed by atoms with E-state index in [0.717, 1.165) is 22.6 Å². The number of benzene rings is 2. The predicted molar refractivity (Wildman–Crippen MR) is 106 cm³/mol. The average molecular weight is 394 g/mol. The van der Waals surface area contributed by atoms with E-state index in [9.17, 15) is 0 Å². The van der Waals surface area contributed by atoms with Gasteiger partial charge < -0.3 is 0 Å². The first-order valence-corrected chi connectivity index (χ1v) is 8.66. The van der Waals surface area contributed by atoms with Crippen molar-refractivity contribution in [1.29, 1.82) is 0 Å². The van der Waals surface area contributed by atoms with Crippen LogP contribution in [-0.4, -0.2) is 16.0 Å². The van der Waals surface area contributed by atoms with Gasteiger partial charge in [0.2, 0.25) is 0 Å². The molecule has 0 saturated heterocycles. The molecule has 0 bridgehead atoms. The molecule has 0 fully saturated rings. The van der Waals surface area contributed by atoms with Crippen LogP contribution in [0.15, 0.2) is 47.6 Å². The van der Waals surface area contributed by atoms with Crippen molar-refractivity contribution in [3.8, 4) is 5.69 Å². The molecule has 0 aliphatic carbocycles. The summed E-state index contributed by atoms with van der Waals surface area (Å²) in [5, 5.41) is 10.1. The third-order valence-electron chi connectivity index (χ3n) is 3.72. The van der Waals surface area contributed by atoms with Gasteiger partial charge in [-0.1, -0.05) is 53.0 Å². The van der Waals surface area contributed by atoms with Crippen molar-refractivity contribution in [2.75, 3.05) is 5.43 Å². The van der Waals surface area contributed by atoms with Gasteiger partial charge in [0.25, 0.3) is 0 Å². The molecule has 1 heterocycles. The Morgan fingerprint density at radius 2 is 1.68 bits per heavy atom. The van der Waals surface area contributed by atoms with Crippen LogP contribution in [0.1, 0.15) is 17.0 Å². The third kappa shape index (κ3) is 3.82. The highest BCUT2D eigenvalue weighted by Gasteiger charge is 2.11. The molecule has 0 radical (unpaired) electrons. The molecule has 1 aromatic heterocycles. The highest BCUT2D eigenvalue weighted by molar-refractivity contribution is 6.41. The fourth-order valence-electron chi connectivity index (χ4n) is 2.47. The summed E-state index contributed by atoms with van der Waals surface area (Å²) in [6.07, 6.45) is 1.71. The standard InChI is InChI=1S/C18H15Cl3N4/c1-11-15(12(2)25(24-11)14-6-4-3-5-7-14)10-22-23-18-16(20)8-13(19)9-17(18)21/h3-10,23H,1-2H3. The summed E-state index contributed by atoms with van der Waals surface area (Å²) in [7, 11) is 0. The molecule has 128 valence electrons. The first-order chi connectivity index (χ1) is 12.0. The monoisotopic (exact) mass is 392 g/mol. The van der Waals surface area contributed by atoms with E-state index in [0.29, 0.717) is 20.8 Å². The molecule has 0 spiro atoms. The zero-order valence-corrected chi connectivity index (χ0v) is 15.9. The lowest BCUT2D eigenvalue weighted by Crippen LogP contribution is -1.99. The second-order valence-corrected chi connectivity index (χ2v) is 6.70. The van der Waals surface area contributed by atoms with E-state index < -0.39 is 0 Å². The third-order valence-corrected chi connectivity index (χ3v) is 4.54. The van der Waals surface area contributed by atoms with Gasteiger partial charge in [0.15, 0.2) is 0 Å². The molecule has 0 saturated carbocycles. The maximum Gasteiger partial charge on any atom is 0.0935 e. The fourth-order valence-corrected chi connectivity index (χ4v) is 3.37. The summed E-state index contributed by atoms with van der Waals surface area (Å²) in [6.45, 7) is 3.94. The van der Waals surface area contributed by atoms with Gasteiger partial charge in [0.1, 0.15) is 0 Å². The minimum atomic E-state index is 0.406. The van der Waals surface area contributed by atoms with Crippen molar-refractivity contribution in [3.63, 3.8) is 0 Å². The van der Waals surface area contributed by atoms with Crippen LogP contribution in [0.3, 0.4) is 0 Å². The topological polar surface area (TPSA) is 42.2 Å². The molecule has 0 amide bonds. The number of halogens is 3. The molecule has 0 aliphatic heterocycles. The first-order valence-electron chi connectivity index (χ1n) is 7.52. The van der Waals surface area contributed by atoms with Crippen molar-refractivity contribution in [2.45, 2.75) is 13.8 Å². The maximum absolute atomic E-state index is 6.14. The van der Waals surface area contributed by atoms with Gasteiger partial charge in [-0.3, -0.25) is 5.43 Å². The van der Waals surface area contributed by atoms with Gasteiger partial charge in [-0.15, -0.1) is 0 Å². The number of para-hydroxylation sites is 1. The van der Waals surface area contributed by atoms with E-state index >= 15 is 0 Å². The molecule has 0 atom stereocenters. The van der Waals surface area contributed by atoms with Gasteiger partial charge >= 0.3 is 0 Å². The van der Waals surface area contributed by atoms with E-state index in [1.165, 1.54) is 0 Å². The quantitative estimate of drug-likeness (QED) is 0.443. The Morgan fingerprint density at radius 1 is 1.04 bits per heavy atom. The molecular weight excluding hydrogens is 379 g/mol. The summed E-state index contributed by atoms with van der Waals surface area (Å²) < 4.78 is 1.89. The molecular formula is C18H15Cl3N4. The fraction of sp³-hybridized carbons (Fsp3) is 0.111. The number of hydrogen-bond acceptors (Lipinski definition) is 3. The van der Waals surface area contributed by atoms with Crippen molar-refractivity contribution < 1.29 is 0 Å². The van der Waals surface area contributed by atoms with Gasteiger partial charge in [0, 0.05) is 10.6 Å². The van der Waals surface area contributed by atoms with Crippen molar-refractivity contribution in [2.24, 2.45) is 5.10 Å². The molecule has 1 N–H and O–H groups in total. The molecule has 3 aromatic rings. The van der Waals surface area contributed by atoms with Gasteiger partial charge in [-0.25, -0.2) is 4.68 Å². The molecule has 25 heavy (non-hydrogen) atoms. The number of anilines is 1. The summed E-state index contributed by atoms with van der Waals surface area (Å²) >= 11 is 18.2. The predicted octanol–water partition coefficient (Wildman–Crippen LogP) is 5.90. The largest absolute Gasteiger partial charge is 0.275 e. The lowest BCUT2D eigenvalue weighted by molar-refractivity contribution is 0.833. The Balaban J connectivity index is 1.87. The zero-order chi connectivity index (χ0) is 18.0. The lowest BCUT2D eigenvalue weighted by atomic mass is 10.2. The molecule has 0 aliphatic rings. The highest BCUT2D eigenvalue weighted by atomic mass is 35.5. The number of hydrazone groups is 1. The van der Waals surface area contributed by atoms with Crippen LogP contribution in [0.2, 0.25) is 15.1 Å². The Morgan fingerprint density at radius 3 is 2.32 bits per heavy atom. The van der Waals surface area contributed by atoms with Crippen LogP contribution < -0.4 is 5.43 Å². The zero-order valence-electron chi connectivity index (χ0n) is 13.6. The highest BCUT2D eigenvalue weighted by Crippen LogP contribution is 2.33. The van der Waals surface area contributed by atoms with E-state index in [4.69, 9.17) is 34.8 Å². The van der Waals surface area contributed by atoms with Crippen LogP contribution in [-0.2, 0) is 0 Å². The van der Waals surface area contributed by atoms with E-state index in [1.54, 1.807) is 18.3 Å². The number of aryl methyl sites for hydroxylation is 1. The summed E-state index contributed by atoms with van der Waals surface area (Å²) in [6, 6.07) is 13.2. The smallest absolute Gasteiger partial charge is 0.0935 e. The molecule has 0 unspecified atom stereocenters. The number of hydrogen-bond donors (Lipinski definition) is 1. The van der Waals surface area contributed by atoms with Crippen molar-refractivity contribution in [3.05, 3.63) is 74.5 Å². The van der Waals surface area contributed by atoms with Crippen LogP contribution in [0.4, 0.5) is 5.69 Å². The summed E-state index contributed by atoms with van der Waals surface area (Å²) in [5.74, 6) is 0. The van der Waals surface area contributed by atoms with E-state index in [2.05, 4.69) is 15.6 Å². The second-order valence-electron chi connectivity index (χ2n) is 5.45. The number of nitrogens with zero attached hydrogens (tertiary/aromatic N) is 3. The average Bonchev–Trinajstić information content (AvgIpc) is 2.85. The van der Waals surface area contributed by atoms with Gasteiger partial charge in [-0.2, -0.15) is 10.2 Å². The normalized spacial score (nSPS) is 11.2. The number of aromatic nitrogens is 2. The van der Waals surface area contributed by atoms with Crippen molar-refractivity contribution >= 4 is 46.7 Å². The van der Waals surface area contributed by atoms with Gasteiger partial charge in [0.05, 0.1) is 39.0 Å². The molecule has 4 nitrogen and oxygen atoms in total. The Kier molecular flexibility index (Phi) is 5.33.